The molecule has 0 saturated carbocycles. The van der Waals surface area contributed by atoms with E-state index in [1.165, 1.54) is 55.4 Å². The molecule has 0 aliphatic rings. The highest BCUT2D eigenvalue weighted by Gasteiger charge is 2.32. The highest BCUT2D eigenvalue weighted by Crippen LogP contribution is 2.33. The monoisotopic (exact) mass is 894 g/mol. The van der Waals surface area contributed by atoms with Crippen molar-refractivity contribution in [2.75, 3.05) is 27.2 Å². The van der Waals surface area contributed by atoms with Crippen LogP contribution >= 0.6 is 0 Å². The number of likely N-dealkylation sites (N-methyl/N-ethyl adjacent to an activating group) is 1. The number of hydrogen-bond donors (Lipinski definition) is 5. The fourth-order valence-electron chi connectivity index (χ4n) is 7.52. The van der Waals surface area contributed by atoms with Crippen molar-refractivity contribution in [1.82, 2.24) is 9.80 Å². The molecule has 65 heavy (non-hydrogen) atoms. The van der Waals surface area contributed by atoms with Crippen LogP contribution in [0.5, 0.6) is 0 Å². The van der Waals surface area contributed by atoms with Crippen molar-refractivity contribution < 1.29 is 59.0 Å². The van der Waals surface area contributed by atoms with E-state index in [-0.39, 0.29) is 30.6 Å². The Bertz CT molecular complexity index is 2190. The average Bonchev–Trinajstić information content (AvgIpc) is 3.21. The lowest BCUT2D eigenvalue weighted by molar-refractivity contribution is -0.156. The average molecular weight is 895 g/mol. The Kier molecular flexibility index (Phi) is 16.5. The third-order valence-electron chi connectivity index (χ3n) is 10.9. The number of hydrogen-bond acceptors (Lipinski definition) is 13. The SMILES string of the molecule is CN(CCC(CN(C)C(c1ccc(C(=O)C(C)(C)O)cc1)c1ccc(C(=O)C(C)(C)O)cc1)OC(=O)CC(=O)O)C(c1ccc(C(=O)C(C)(C)O)cc1)c1ccc(C(=O)C(C)(C)O)cc1. The largest absolute Gasteiger partial charge is 0.481 e. The molecule has 0 aromatic heterocycles. The van der Waals surface area contributed by atoms with Gasteiger partial charge in [0.05, 0.1) is 12.1 Å². The summed E-state index contributed by atoms with van der Waals surface area (Å²) in [6.07, 6.45) is -1.57. The van der Waals surface area contributed by atoms with E-state index in [4.69, 9.17) is 4.74 Å². The molecule has 0 amide bonds. The minimum absolute atomic E-state index is 0.0742. The van der Waals surface area contributed by atoms with Gasteiger partial charge in [-0.2, -0.15) is 0 Å². The van der Waals surface area contributed by atoms with Gasteiger partial charge >= 0.3 is 11.9 Å². The van der Waals surface area contributed by atoms with Gasteiger partial charge < -0.3 is 30.3 Å². The van der Waals surface area contributed by atoms with Gasteiger partial charge in [0.25, 0.3) is 0 Å². The van der Waals surface area contributed by atoms with Gasteiger partial charge in [-0.25, -0.2) is 0 Å². The fourth-order valence-corrected chi connectivity index (χ4v) is 7.52. The number of rotatable bonds is 22. The first-order chi connectivity index (χ1) is 30.0. The Morgan fingerprint density at radius 3 is 0.985 bits per heavy atom. The predicted octanol–water partition coefficient (Wildman–Crippen LogP) is 6.02. The molecule has 0 aliphatic heterocycles. The molecule has 1 unspecified atom stereocenters. The van der Waals surface area contributed by atoms with Crippen molar-refractivity contribution in [1.29, 1.82) is 0 Å². The molecule has 1 atom stereocenters. The quantitative estimate of drug-likeness (QED) is 0.0346. The van der Waals surface area contributed by atoms with Gasteiger partial charge in [0.2, 0.25) is 0 Å². The lowest BCUT2D eigenvalue weighted by Crippen LogP contribution is -2.38. The van der Waals surface area contributed by atoms with Gasteiger partial charge in [0.15, 0.2) is 23.1 Å². The van der Waals surface area contributed by atoms with Crippen LogP contribution in [-0.4, -0.2) is 126 Å². The van der Waals surface area contributed by atoms with Crippen molar-refractivity contribution in [3.05, 3.63) is 142 Å². The summed E-state index contributed by atoms with van der Waals surface area (Å²) < 4.78 is 5.86. The lowest BCUT2D eigenvalue weighted by atomic mass is 9.90. The zero-order valence-electron chi connectivity index (χ0n) is 38.8. The number of aliphatic carboxylic acids is 1. The summed E-state index contributed by atoms with van der Waals surface area (Å²) in [7, 11) is 3.63. The van der Waals surface area contributed by atoms with Crippen LogP contribution in [0.4, 0.5) is 0 Å². The topological polar surface area (TPSA) is 219 Å². The van der Waals surface area contributed by atoms with E-state index >= 15 is 0 Å². The van der Waals surface area contributed by atoms with Crippen molar-refractivity contribution >= 4 is 35.1 Å². The van der Waals surface area contributed by atoms with Crippen LogP contribution in [0, 0.1) is 0 Å². The summed E-state index contributed by atoms with van der Waals surface area (Å²) in [6, 6.07) is 25.8. The van der Waals surface area contributed by atoms with Gasteiger partial charge in [0.1, 0.15) is 34.9 Å². The molecule has 4 aromatic carbocycles. The van der Waals surface area contributed by atoms with Crippen molar-refractivity contribution in [2.24, 2.45) is 0 Å². The molecule has 14 nitrogen and oxygen atoms in total. The summed E-state index contributed by atoms with van der Waals surface area (Å²) >= 11 is 0. The smallest absolute Gasteiger partial charge is 0.317 e. The highest BCUT2D eigenvalue weighted by molar-refractivity contribution is 6.03. The van der Waals surface area contributed by atoms with E-state index in [1.807, 2.05) is 16.8 Å². The second kappa shape index (κ2) is 20.6. The number of Topliss-reactive ketones (excluding diaryl/α,β-unsaturated/α-hetero) is 4. The van der Waals surface area contributed by atoms with Crippen LogP contribution in [0.1, 0.15) is 144 Å². The number of esters is 1. The zero-order chi connectivity index (χ0) is 48.8. The molecule has 4 rings (SSSR count). The van der Waals surface area contributed by atoms with Crippen LogP contribution in [0.3, 0.4) is 0 Å². The normalized spacial score (nSPS) is 13.0. The Balaban J connectivity index is 1.74. The minimum atomic E-state index is -1.61. The van der Waals surface area contributed by atoms with E-state index in [9.17, 15) is 54.3 Å². The van der Waals surface area contributed by atoms with Crippen LogP contribution in [0.2, 0.25) is 0 Å². The van der Waals surface area contributed by atoms with Gasteiger partial charge in [-0.15, -0.1) is 0 Å². The first-order valence-electron chi connectivity index (χ1n) is 21.3. The van der Waals surface area contributed by atoms with Gasteiger partial charge in [-0.1, -0.05) is 97.1 Å². The van der Waals surface area contributed by atoms with Crippen molar-refractivity contribution in [3.63, 3.8) is 0 Å². The molecule has 0 radical (unpaired) electrons. The van der Waals surface area contributed by atoms with Gasteiger partial charge in [-0.05, 0) is 98.2 Å². The van der Waals surface area contributed by atoms with Crippen molar-refractivity contribution in [2.45, 2.75) is 109 Å². The zero-order valence-corrected chi connectivity index (χ0v) is 38.8. The molecule has 0 saturated heterocycles. The maximum Gasteiger partial charge on any atom is 0.317 e. The predicted molar refractivity (Wildman–Crippen MR) is 244 cm³/mol. The Hall–Kier alpha value is -5.74. The molecule has 0 fully saturated rings. The molecule has 0 bridgehead atoms. The van der Waals surface area contributed by atoms with Crippen LogP contribution in [-0.2, 0) is 14.3 Å². The number of carboxylic acid groups (broad SMARTS) is 1. The minimum Gasteiger partial charge on any atom is -0.481 e. The van der Waals surface area contributed by atoms with Crippen LogP contribution in [0.15, 0.2) is 97.1 Å². The Morgan fingerprint density at radius 1 is 0.477 bits per heavy atom. The number of nitrogens with zero attached hydrogens (tertiary/aromatic N) is 2. The molecule has 0 spiro atoms. The molecule has 5 N–H and O–H groups in total. The van der Waals surface area contributed by atoms with E-state index in [1.54, 1.807) is 104 Å². The van der Waals surface area contributed by atoms with E-state index in [0.29, 0.717) is 22.3 Å². The summed E-state index contributed by atoms with van der Waals surface area (Å²) in [5, 5.41) is 51.0. The molecule has 14 heteroatoms. The Morgan fingerprint density at radius 2 is 0.738 bits per heavy atom. The molecule has 0 heterocycles. The van der Waals surface area contributed by atoms with Crippen LogP contribution in [0.25, 0.3) is 0 Å². The van der Waals surface area contributed by atoms with Crippen molar-refractivity contribution in [3.8, 4) is 0 Å². The second-order valence-electron chi connectivity index (χ2n) is 18.7. The van der Waals surface area contributed by atoms with Crippen LogP contribution < -0.4 is 0 Å². The Labute approximate surface area is 380 Å². The molecule has 348 valence electrons. The molecule has 0 aliphatic carbocycles. The number of benzene rings is 4. The first kappa shape index (κ1) is 51.9. The maximum atomic E-state index is 13.0. The first-order valence-corrected chi connectivity index (χ1v) is 21.3. The lowest BCUT2D eigenvalue weighted by Gasteiger charge is -2.34. The number of carbonyl (C=O) groups excluding carboxylic acids is 5. The van der Waals surface area contributed by atoms with E-state index in [0.717, 1.165) is 11.1 Å². The third-order valence-corrected chi connectivity index (χ3v) is 10.9. The summed E-state index contributed by atoms with van der Waals surface area (Å²) in [4.78, 5) is 80.1. The number of ketones is 4. The number of ether oxygens (including phenoxy) is 1. The number of carboxylic acids is 1. The third kappa shape index (κ3) is 13.9. The fraction of sp³-hybridized carbons (Fsp3) is 0.412. The van der Waals surface area contributed by atoms with Gasteiger partial charge in [-0.3, -0.25) is 38.6 Å². The number of aliphatic hydroxyl groups is 4. The molecular weight excluding hydrogens is 833 g/mol. The van der Waals surface area contributed by atoms with E-state index < -0.39 is 82.1 Å². The maximum absolute atomic E-state index is 13.0. The second-order valence-corrected chi connectivity index (χ2v) is 18.7. The molecular formula is C51H62N2O12. The highest BCUT2D eigenvalue weighted by atomic mass is 16.5. The van der Waals surface area contributed by atoms with E-state index in [2.05, 4.69) is 0 Å². The van der Waals surface area contributed by atoms with Gasteiger partial charge in [0, 0.05) is 35.3 Å². The number of carbonyl (C=O) groups is 6. The summed E-state index contributed by atoms with van der Waals surface area (Å²) in [5.41, 5.74) is -2.36. The summed E-state index contributed by atoms with van der Waals surface area (Å²) in [5.74, 6) is -4.20. The molecule has 4 aromatic rings. The standard InChI is InChI=1S/C51H62N2O12/c1-48(2,61)44(57)35-19-11-31(12-20-35)42(32-13-21-36(22-14-32)45(58)49(3,4)62)52(9)28-27-39(65-41(56)29-40(54)55)30-53(10)43(33-15-23-37(24-16-33)46(59)50(5,6)63)34-17-25-38(26-18-34)47(60)51(7,8)64/h11-26,39,42-43,61-64H,27-30H2,1-10H3,(H,54,55). The summed E-state index contributed by atoms with van der Waals surface area (Å²) in [6.45, 7) is 11.6.